The van der Waals surface area contributed by atoms with Gasteiger partial charge in [-0.2, -0.15) is 0 Å². The largest absolute Gasteiger partial charge is 0.480 e. The van der Waals surface area contributed by atoms with E-state index in [-0.39, 0.29) is 60.6 Å². The van der Waals surface area contributed by atoms with Gasteiger partial charge in [-0.05, 0) is 50.3 Å². The molecule has 2 aromatic rings. The van der Waals surface area contributed by atoms with Gasteiger partial charge in [-0.25, -0.2) is 9.78 Å². The highest BCUT2D eigenvalue weighted by molar-refractivity contribution is 7.09. The summed E-state index contributed by atoms with van der Waals surface area (Å²) >= 11 is 1.14. The standard InChI is InChI=1S/C38H56N4O7S/c1-8-18-42(37(46)28(25(5)9-2)21-33(44)31-17-13-14-19-41(31)7)32(24(3)4)22-34(49-26(6)43)36-40-30(23-50-36)35(45)39-29(38(47)48)20-27-15-11-10-12-16-27/h10-12,15-16,23-25,28-29,31-32,34H,8-9,13-14,17-22H2,1-7H3,(H,39,45)(H,47,48)/t25-,28?,29-,31?,32+,34+/m0/s1. The molecule has 12 heteroatoms. The van der Waals surface area contributed by atoms with Gasteiger partial charge in [0.25, 0.3) is 5.91 Å². The Kier molecular flexibility index (Phi) is 16.0. The lowest BCUT2D eigenvalue weighted by Crippen LogP contribution is -2.50. The normalized spacial score (nSPS) is 18.0. The maximum Gasteiger partial charge on any atom is 0.326 e. The Balaban J connectivity index is 1.86. The number of hydrogen-bond donors (Lipinski definition) is 2. The summed E-state index contributed by atoms with van der Waals surface area (Å²) in [5.74, 6) is -2.80. The lowest BCUT2D eigenvalue weighted by molar-refractivity contribution is -0.150. The van der Waals surface area contributed by atoms with Crippen molar-refractivity contribution in [3.05, 3.63) is 52.0 Å². The minimum Gasteiger partial charge on any atom is -0.480 e. The third-order valence-corrected chi connectivity index (χ3v) is 10.7. The van der Waals surface area contributed by atoms with Gasteiger partial charge in [0, 0.05) is 50.1 Å². The molecule has 2 N–H and O–H groups in total. The van der Waals surface area contributed by atoms with Gasteiger partial charge >= 0.3 is 11.9 Å². The van der Waals surface area contributed by atoms with Crippen LogP contribution in [0.15, 0.2) is 35.7 Å². The molecule has 2 heterocycles. The second-order valence-corrected chi connectivity index (χ2v) is 14.8. The summed E-state index contributed by atoms with van der Waals surface area (Å²) in [5.41, 5.74) is 0.785. The van der Waals surface area contributed by atoms with E-state index in [0.717, 1.165) is 49.1 Å². The number of hydrogen-bond acceptors (Lipinski definition) is 9. The van der Waals surface area contributed by atoms with Crippen molar-refractivity contribution in [2.24, 2.45) is 17.8 Å². The van der Waals surface area contributed by atoms with E-state index in [1.165, 1.54) is 12.3 Å². The second-order valence-electron chi connectivity index (χ2n) is 14.0. The summed E-state index contributed by atoms with van der Waals surface area (Å²) in [7, 11) is 1.98. The van der Waals surface area contributed by atoms with Crippen LogP contribution in [0.2, 0.25) is 0 Å². The average molecular weight is 713 g/mol. The molecule has 1 saturated heterocycles. The van der Waals surface area contributed by atoms with E-state index in [9.17, 15) is 29.1 Å². The molecule has 0 saturated carbocycles. The number of nitrogens with zero attached hydrogens (tertiary/aromatic N) is 3. The third-order valence-electron chi connectivity index (χ3n) is 9.81. The number of piperidine rings is 1. The van der Waals surface area contributed by atoms with Crippen molar-refractivity contribution in [3.63, 3.8) is 0 Å². The number of carbonyl (C=O) groups excluding carboxylic acids is 4. The van der Waals surface area contributed by atoms with Crippen molar-refractivity contribution in [1.82, 2.24) is 20.1 Å². The summed E-state index contributed by atoms with van der Waals surface area (Å²) in [6.45, 7) is 12.8. The zero-order chi connectivity index (χ0) is 37.0. The maximum atomic E-state index is 14.5. The molecule has 1 fully saturated rings. The Morgan fingerprint density at radius 2 is 1.80 bits per heavy atom. The van der Waals surface area contributed by atoms with Gasteiger partial charge in [0.2, 0.25) is 5.91 Å². The first-order valence-electron chi connectivity index (χ1n) is 18.0. The van der Waals surface area contributed by atoms with Crippen molar-refractivity contribution in [3.8, 4) is 0 Å². The molecule has 11 nitrogen and oxygen atoms in total. The third kappa shape index (κ3) is 11.4. The number of ketones is 1. The Bertz CT molecular complexity index is 1430. The summed E-state index contributed by atoms with van der Waals surface area (Å²) in [4.78, 5) is 74.2. The van der Waals surface area contributed by atoms with E-state index in [1.807, 2.05) is 52.6 Å². The Labute approximate surface area is 301 Å². The van der Waals surface area contributed by atoms with Crippen molar-refractivity contribution < 1.29 is 33.8 Å². The fraction of sp³-hybridized carbons (Fsp3) is 0.632. The van der Waals surface area contributed by atoms with Gasteiger partial charge < -0.3 is 20.1 Å². The monoisotopic (exact) mass is 712 g/mol. The number of carboxylic acid groups (broad SMARTS) is 1. The molecular formula is C38H56N4O7S. The fourth-order valence-corrected chi connectivity index (χ4v) is 7.58. The van der Waals surface area contributed by atoms with Crippen LogP contribution in [0.1, 0.15) is 114 Å². The smallest absolute Gasteiger partial charge is 0.326 e. The van der Waals surface area contributed by atoms with E-state index in [0.29, 0.717) is 18.0 Å². The highest BCUT2D eigenvalue weighted by atomic mass is 32.1. The van der Waals surface area contributed by atoms with E-state index >= 15 is 0 Å². The van der Waals surface area contributed by atoms with Crippen LogP contribution in [0.25, 0.3) is 0 Å². The number of carboxylic acids is 1. The number of nitrogens with one attached hydrogen (secondary N) is 1. The first-order chi connectivity index (χ1) is 23.8. The molecule has 1 aromatic carbocycles. The predicted molar refractivity (Wildman–Crippen MR) is 194 cm³/mol. The lowest BCUT2D eigenvalue weighted by Gasteiger charge is -2.39. The lowest BCUT2D eigenvalue weighted by atomic mass is 9.82. The molecule has 0 bridgehead atoms. The molecule has 2 unspecified atom stereocenters. The van der Waals surface area contributed by atoms with Gasteiger partial charge in [-0.15, -0.1) is 11.3 Å². The number of ether oxygens (including phenoxy) is 1. The highest BCUT2D eigenvalue weighted by Gasteiger charge is 2.38. The van der Waals surface area contributed by atoms with Crippen LogP contribution in [0.4, 0.5) is 0 Å². The number of esters is 1. The van der Waals surface area contributed by atoms with Crippen LogP contribution in [0.3, 0.4) is 0 Å². The van der Waals surface area contributed by atoms with Crippen LogP contribution >= 0.6 is 11.3 Å². The number of aliphatic carboxylic acids is 1. The number of amides is 2. The summed E-state index contributed by atoms with van der Waals surface area (Å²) in [5, 5.41) is 14.3. The second kappa shape index (κ2) is 19.7. The highest BCUT2D eigenvalue weighted by Crippen LogP contribution is 2.33. The van der Waals surface area contributed by atoms with Crippen LogP contribution in [0.5, 0.6) is 0 Å². The van der Waals surface area contributed by atoms with Crippen molar-refractivity contribution in [2.75, 3.05) is 20.1 Å². The van der Waals surface area contributed by atoms with Gasteiger partial charge in [0.15, 0.2) is 11.9 Å². The molecule has 0 radical (unpaired) electrons. The van der Waals surface area contributed by atoms with Crippen LogP contribution in [-0.4, -0.2) is 87.7 Å². The van der Waals surface area contributed by atoms with E-state index < -0.39 is 35.9 Å². The fourth-order valence-electron chi connectivity index (χ4n) is 6.74. The number of thiazole rings is 1. The van der Waals surface area contributed by atoms with Crippen LogP contribution in [-0.2, 0) is 30.3 Å². The molecule has 0 spiro atoms. The Hall–Kier alpha value is -3.64. The molecule has 1 aromatic heterocycles. The molecule has 6 atom stereocenters. The first-order valence-corrected chi connectivity index (χ1v) is 18.9. The van der Waals surface area contributed by atoms with Gasteiger partial charge in [0.1, 0.15) is 16.7 Å². The summed E-state index contributed by atoms with van der Waals surface area (Å²) < 4.78 is 5.79. The minimum atomic E-state index is -1.17. The number of likely N-dealkylation sites (tertiary alicyclic amines) is 1. The SMILES string of the molecule is CCCN(C(=O)C(CC(=O)C1CCCCN1C)[C@@H](C)CC)[C@H](C[C@@H](OC(C)=O)c1nc(C(=O)N[C@@H](Cc2ccccc2)C(=O)O)cs1)C(C)C. The number of likely N-dealkylation sites (N-methyl/N-ethyl adjacent to an activating group) is 1. The molecular weight excluding hydrogens is 657 g/mol. The minimum absolute atomic E-state index is 0.00617. The van der Waals surface area contributed by atoms with Crippen LogP contribution in [0, 0.1) is 17.8 Å². The molecule has 3 rings (SSSR count). The number of benzene rings is 1. The van der Waals surface area contributed by atoms with E-state index in [1.54, 1.807) is 24.3 Å². The maximum absolute atomic E-state index is 14.5. The van der Waals surface area contributed by atoms with Gasteiger partial charge in [0.05, 0.1) is 6.04 Å². The zero-order valence-corrected chi connectivity index (χ0v) is 31.5. The summed E-state index contributed by atoms with van der Waals surface area (Å²) in [6.07, 6.45) is 4.03. The number of Topliss-reactive ketones (excluding diaryl/α,β-unsaturated/α-hetero) is 1. The average Bonchev–Trinajstić information content (AvgIpc) is 3.58. The van der Waals surface area contributed by atoms with Crippen molar-refractivity contribution >= 4 is 40.9 Å². The Morgan fingerprint density at radius 1 is 1.10 bits per heavy atom. The van der Waals surface area contributed by atoms with Crippen molar-refractivity contribution in [1.29, 1.82) is 0 Å². The quantitative estimate of drug-likeness (QED) is 0.169. The molecule has 1 aliphatic heterocycles. The van der Waals surface area contributed by atoms with Gasteiger partial charge in [-0.1, -0.05) is 77.8 Å². The van der Waals surface area contributed by atoms with Crippen LogP contribution < -0.4 is 5.32 Å². The number of carbonyl (C=O) groups is 5. The summed E-state index contributed by atoms with van der Waals surface area (Å²) in [6, 6.07) is 7.34. The number of aromatic nitrogens is 1. The van der Waals surface area contributed by atoms with Crippen molar-refractivity contribution in [2.45, 2.75) is 117 Å². The zero-order valence-electron chi connectivity index (χ0n) is 30.7. The molecule has 50 heavy (non-hydrogen) atoms. The van der Waals surface area contributed by atoms with E-state index in [4.69, 9.17) is 4.74 Å². The molecule has 1 aliphatic rings. The predicted octanol–water partition coefficient (Wildman–Crippen LogP) is 5.93. The topological polar surface area (TPSA) is 146 Å². The number of rotatable bonds is 19. The molecule has 2 amide bonds. The molecule has 276 valence electrons. The van der Waals surface area contributed by atoms with E-state index in [2.05, 4.69) is 15.2 Å². The Morgan fingerprint density at radius 3 is 2.38 bits per heavy atom. The first kappa shape index (κ1) is 40.8. The van der Waals surface area contributed by atoms with Gasteiger partial charge in [-0.3, -0.25) is 24.1 Å². The molecule has 0 aliphatic carbocycles.